The van der Waals surface area contributed by atoms with Crippen LogP contribution < -0.4 is 10.6 Å². The molecule has 1 fully saturated rings. The van der Waals surface area contributed by atoms with Gasteiger partial charge in [0.1, 0.15) is 10.8 Å². The van der Waals surface area contributed by atoms with Gasteiger partial charge in [0.2, 0.25) is 0 Å². The molecule has 0 amide bonds. The summed E-state index contributed by atoms with van der Waals surface area (Å²) in [4.78, 5) is 2.47. The minimum atomic E-state index is 0.584. The zero-order chi connectivity index (χ0) is 12.5. The summed E-state index contributed by atoms with van der Waals surface area (Å²) < 4.78 is 4.25. The SMILES string of the molecule is CCC1(CC)CCN(c2snc(N)c2C)CC1. The number of nitrogens with two attached hydrogens (primary N) is 1. The van der Waals surface area contributed by atoms with E-state index in [0.29, 0.717) is 11.2 Å². The lowest BCUT2D eigenvalue weighted by atomic mass is 9.74. The number of hydrogen-bond acceptors (Lipinski definition) is 4. The Morgan fingerprint density at radius 1 is 1.29 bits per heavy atom. The lowest BCUT2D eigenvalue weighted by Gasteiger charge is -2.41. The largest absolute Gasteiger partial charge is 0.383 e. The van der Waals surface area contributed by atoms with Gasteiger partial charge in [-0.05, 0) is 36.7 Å². The quantitative estimate of drug-likeness (QED) is 0.897. The first-order valence-electron chi connectivity index (χ1n) is 6.58. The summed E-state index contributed by atoms with van der Waals surface area (Å²) in [6, 6.07) is 0. The van der Waals surface area contributed by atoms with Crippen molar-refractivity contribution >= 4 is 22.4 Å². The Morgan fingerprint density at radius 3 is 2.29 bits per heavy atom. The summed E-state index contributed by atoms with van der Waals surface area (Å²) in [6.45, 7) is 9.05. The first kappa shape index (κ1) is 12.7. The zero-order valence-corrected chi connectivity index (χ0v) is 11.9. The van der Waals surface area contributed by atoms with Crippen LogP contribution in [0.2, 0.25) is 0 Å². The summed E-state index contributed by atoms with van der Waals surface area (Å²) in [5, 5.41) is 1.28. The van der Waals surface area contributed by atoms with Crippen molar-refractivity contribution in [2.75, 3.05) is 23.7 Å². The van der Waals surface area contributed by atoms with Crippen LogP contribution in [0.5, 0.6) is 0 Å². The molecule has 4 heteroatoms. The summed E-state index contributed by atoms with van der Waals surface area (Å²) in [5.74, 6) is 0.702. The predicted molar refractivity (Wildman–Crippen MR) is 75.7 cm³/mol. The van der Waals surface area contributed by atoms with Gasteiger partial charge in [0, 0.05) is 18.7 Å². The molecule has 0 bridgehead atoms. The molecule has 1 aromatic rings. The highest BCUT2D eigenvalue weighted by molar-refractivity contribution is 7.10. The molecule has 0 aliphatic carbocycles. The Kier molecular flexibility index (Phi) is 3.61. The maximum atomic E-state index is 5.83. The van der Waals surface area contributed by atoms with Gasteiger partial charge in [-0.15, -0.1) is 0 Å². The second kappa shape index (κ2) is 4.84. The normalized spacial score (nSPS) is 19.6. The van der Waals surface area contributed by atoms with Crippen LogP contribution in [0.15, 0.2) is 0 Å². The summed E-state index contributed by atoms with van der Waals surface area (Å²) >= 11 is 1.55. The minimum Gasteiger partial charge on any atom is -0.383 e. The van der Waals surface area contributed by atoms with Crippen molar-refractivity contribution < 1.29 is 0 Å². The van der Waals surface area contributed by atoms with E-state index in [1.807, 2.05) is 0 Å². The average Bonchev–Trinajstić information content (AvgIpc) is 2.70. The van der Waals surface area contributed by atoms with Crippen LogP contribution in [0.3, 0.4) is 0 Å². The van der Waals surface area contributed by atoms with Gasteiger partial charge in [-0.25, -0.2) is 0 Å². The molecule has 1 saturated heterocycles. The molecule has 0 unspecified atom stereocenters. The molecule has 0 saturated carbocycles. The van der Waals surface area contributed by atoms with Crippen molar-refractivity contribution in [3.05, 3.63) is 5.56 Å². The molecule has 1 aliphatic rings. The van der Waals surface area contributed by atoms with Crippen molar-refractivity contribution in [2.24, 2.45) is 5.41 Å². The highest BCUT2D eigenvalue weighted by atomic mass is 32.1. The van der Waals surface area contributed by atoms with E-state index in [9.17, 15) is 0 Å². The van der Waals surface area contributed by atoms with Gasteiger partial charge in [-0.3, -0.25) is 0 Å². The smallest absolute Gasteiger partial charge is 0.142 e. The average molecular weight is 253 g/mol. The number of aromatic nitrogens is 1. The molecule has 0 radical (unpaired) electrons. The van der Waals surface area contributed by atoms with Crippen molar-refractivity contribution in [1.29, 1.82) is 0 Å². The number of nitrogens with zero attached hydrogens (tertiary/aromatic N) is 2. The molecule has 2 N–H and O–H groups in total. The van der Waals surface area contributed by atoms with Gasteiger partial charge in [-0.1, -0.05) is 26.7 Å². The van der Waals surface area contributed by atoms with E-state index in [4.69, 9.17) is 5.73 Å². The van der Waals surface area contributed by atoms with Crippen LogP contribution >= 0.6 is 11.5 Å². The summed E-state index contributed by atoms with van der Waals surface area (Å²) in [5.41, 5.74) is 7.57. The fourth-order valence-corrected chi connectivity index (χ4v) is 3.64. The molecule has 0 spiro atoms. The van der Waals surface area contributed by atoms with Gasteiger partial charge >= 0.3 is 0 Å². The molecule has 1 aromatic heterocycles. The number of hydrogen-bond donors (Lipinski definition) is 1. The summed E-state index contributed by atoms with van der Waals surface area (Å²) in [7, 11) is 0. The molecule has 17 heavy (non-hydrogen) atoms. The molecule has 2 rings (SSSR count). The van der Waals surface area contributed by atoms with Gasteiger partial charge in [-0.2, -0.15) is 4.37 Å². The third-order valence-corrected chi connectivity index (χ3v) is 5.57. The van der Waals surface area contributed by atoms with E-state index in [1.165, 1.54) is 30.7 Å². The van der Waals surface area contributed by atoms with Crippen LogP contribution in [0.4, 0.5) is 10.8 Å². The molecule has 96 valence electrons. The Balaban J connectivity index is 2.07. The van der Waals surface area contributed by atoms with Crippen molar-refractivity contribution in [2.45, 2.75) is 46.5 Å². The number of piperidine rings is 1. The third kappa shape index (κ3) is 2.28. The van der Waals surface area contributed by atoms with Crippen LogP contribution in [0.25, 0.3) is 0 Å². The van der Waals surface area contributed by atoms with E-state index in [-0.39, 0.29) is 0 Å². The topological polar surface area (TPSA) is 42.2 Å². The first-order chi connectivity index (χ1) is 8.12. The maximum absolute atomic E-state index is 5.83. The van der Waals surface area contributed by atoms with E-state index >= 15 is 0 Å². The lowest BCUT2D eigenvalue weighted by molar-refractivity contribution is 0.200. The van der Waals surface area contributed by atoms with E-state index in [2.05, 4.69) is 30.0 Å². The molecule has 0 aromatic carbocycles. The number of rotatable bonds is 3. The van der Waals surface area contributed by atoms with Crippen molar-refractivity contribution in [1.82, 2.24) is 4.37 Å². The maximum Gasteiger partial charge on any atom is 0.142 e. The van der Waals surface area contributed by atoms with Gasteiger partial charge < -0.3 is 10.6 Å². The zero-order valence-electron chi connectivity index (χ0n) is 11.1. The Hall–Kier alpha value is -0.770. The second-order valence-corrected chi connectivity index (χ2v) is 5.94. The Labute approximate surface area is 108 Å². The van der Waals surface area contributed by atoms with Gasteiger partial charge in [0.05, 0.1) is 0 Å². The number of nitrogen functional groups attached to an aromatic ring is 1. The highest BCUT2D eigenvalue weighted by Crippen LogP contribution is 2.41. The predicted octanol–water partition coefficient (Wildman–Crippen LogP) is 3.44. The lowest BCUT2D eigenvalue weighted by Crippen LogP contribution is -2.39. The van der Waals surface area contributed by atoms with Gasteiger partial charge in [0.25, 0.3) is 0 Å². The van der Waals surface area contributed by atoms with Crippen molar-refractivity contribution in [3.63, 3.8) is 0 Å². The minimum absolute atomic E-state index is 0.584. The molecular formula is C13H23N3S. The highest BCUT2D eigenvalue weighted by Gasteiger charge is 2.32. The van der Waals surface area contributed by atoms with E-state index < -0.39 is 0 Å². The Bertz CT molecular complexity index is 372. The van der Waals surface area contributed by atoms with E-state index in [1.54, 1.807) is 11.5 Å². The molecule has 2 heterocycles. The van der Waals surface area contributed by atoms with Crippen LogP contribution in [0.1, 0.15) is 45.1 Å². The van der Waals surface area contributed by atoms with Crippen LogP contribution in [0, 0.1) is 12.3 Å². The molecular weight excluding hydrogens is 230 g/mol. The summed E-state index contributed by atoms with van der Waals surface area (Å²) in [6.07, 6.45) is 5.22. The fraction of sp³-hybridized carbons (Fsp3) is 0.769. The standard InChI is InChI=1S/C13H23N3S/c1-4-13(5-2)6-8-16(9-7-13)12-10(3)11(14)15-17-12/h4-9H2,1-3H3,(H2,14,15). The molecule has 1 aliphatic heterocycles. The van der Waals surface area contributed by atoms with Crippen LogP contribution in [-0.2, 0) is 0 Å². The van der Waals surface area contributed by atoms with E-state index in [0.717, 1.165) is 18.7 Å². The fourth-order valence-electron chi connectivity index (χ4n) is 2.78. The van der Waals surface area contributed by atoms with Crippen molar-refractivity contribution in [3.8, 4) is 0 Å². The Morgan fingerprint density at radius 2 is 1.88 bits per heavy atom. The second-order valence-electron chi connectivity index (χ2n) is 5.19. The number of anilines is 2. The van der Waals surface area contributed by atoms with Crippen LogP contribution in [-0.4, -0.2) is 17.5 Å². The third-order valence-electron chi connectivity index (χ3n) is 4.55. The molecule has 0 atom stereocenters. The van der Waals surface area contributed by atoms with Gasteiger partial charge in [0.15, 0.2) is 0 Å². The first-order valence-corrected chi connectivity index (χ1v) is 7.36. The monoisotopic (exact) mass is 253 g/mol. The molecule has 3 nitrogen and oxygen atoms in total.